The topological polar surface area (TPSA) is 15.6 Å². The normalized spacial score (nSPS) is 20.7. The van der Waals surface area contributed by atoms with Crippen molar-refractivity contribution in [3.8, 4) is 0 Å². The lowest BCUT2D eigenvalue weighted by atomic mass is 10.2. The molecule has 0 atom stereocenters. The minimum Gasteiger partial charge on any atom is -0.302 e. The maximum Gasteiger partial charge on any atom is 0.0221 e. The first kappa shape index (κ1) is 13.1. The van der Waals surface area contributed by atoms with Crippen LogP contribution in [0.1, 0.15) is 27.2 Å². The summed E-state index contributed by atoms with van der Waals surface area (Å²) in [5.74, 6) is 0. The van der Waals surface area contributed by atoms with Crippen molar-refractivity contribution in [3.63, 3.8) is 0 Å². The molecule has 1 heterocycles. The summed E-state index contributed by atoms with van der Waals surface area (Å²) in [4.78, 5) is 6.13. The zero-order valence-electron chi connectivity index (χ0n) is 9.83. The Morgan fingerprint density at radius 3 is 2.21 bits per heavy atom. The molecule has 0 spiro atoms. The van der Waals surface area contributed by atoms with Gasteiger partial charge < -0.3 is 4.90 Å². The van der Waals surface area contributed by atoms with Crippen LogP contribution in [0.4, 0.5) is 0 Å². The standard InChI is InChI=1S/C7H13N.C5H9N/c1-3-7-4-5-8(2)6-7;1-3-5-6-4-2/h3H,4-6H2,1-2H3;3-5H,1-2H3/b7-3+;5-3-,6-4?. The molecule has 0 amide bonds. The second-order valence-corrected chi connectivity index (χ2v) is 3.32. The van der Waals surface area contributed by atoms with E-state index in [9.17, 15) is 0 Å². The van der Waals surface area contributed by atoms with Crippen LogP contribution in [0.15, 0.2) is 28.9 Å². The van der Waals surface area contributed by atoms with Gasteiger partial charge in [-0.2, -0.15) is 0 Å². The molecule has 0 N–H and O–H groups in total. The van der Waals surface area contributed by atoms with E-state index in [0.29, 0.717) is 0 Å². The SMILES string of the molecule is C/C=C1\CCN(C)C1.CC=N/C=C\C. The highest BCUT2D eigenvalue weighted by Crippen LogP contribution is 2.11. The number of rotatable bonds is 1. The largest absolute Gasteiger partial charge is 0.302 e. The van der Waals surface area contributed by atoms with Crippen LogP contribution in [0.5, 0.6) is 0 Å². The van der Waals surface area contributed by atoms with Crippen molar-refractivity contribution in [1.82, 2.24) is 4.90 Å². The van der Waals surface area contributed by atoms with Crippen molar-refractivity contribution < 1.29 is 0 Å². The van der Waals surface area contributed by atoms with Crippen molar-refractivity contribution in [3.05, 3.63) is 23.9 Å². The minimum absolute atomic E-state index is 1.19. The van der Waals surface area contributed by atoms with E-state index in [-0.39, 0.29) is 0 Å². The minimum atomic E-state index is 1.19. The molecule has 2 heteroatoms. The van der Waals surface area contributed by atoms with Crippen LogP contribution < -0.4 is 0 Å². The summed E-state index contributed by atoms with van der Waals surface area (Å²) in [6, 6.07) is 0. The van der Waals surface area contributed by atoms with Crippen molar-refractivity contribution in [2.24, 2.45) is 4.99 Å². The first-order valence-electron chi connectivity index (χ1n) is 5.16. The maximum absolute atomic E-state index is 3.78. The summed E-state index contributed by atoms with van der Waals surface area (Å²) in [7, 11) is 2.16. The molecule has 0 bridgehead atoms. The summed E-state index contributed by atoms with van der Waals surface area (Å²) in [5.41, 5.74) is 1.59. The Hall–Kier alpha value is -0.890. The Bertz CT molecular complexity index is 204. The molecule has 0 aromatic rings. The van der Waals surface area contributed by atoms with E-state index in [1.807, 2.05) is 19.9 Å². The van der Waals surface area contributed by atoms with Crippen molar-refractivity contribution in [2.75, 3.05) is 20.1 Å². The molecule has 1 aliphatic heterocycles. The molecule has 14 heavy (non-hydrogen) atoms. The monoisotopic (exact) mass is 194 g/mol. The van der Waals surface area contributed by atoms with Gasteiger partial charge in [0.2, 0.25) is 0 Å². The predicted octanol–water partition coefficient (Wildman–Crippen LogP) is 2.88. The maximum atomic E-state index is 3.78. The van der Waals surface area contributed by atoms with E-state index in [2.05, 4.69) is 29.9 Å². The van der Waals surface area contributed by atoms with Gasteiger partial charge in [0.25, 0.3) is 0 Å². The second-order valence-electron chi connectivity index (χ2n) is 3.32. The van der Waals surface area contributed by atoms with Gasteiger partial charge in [0.1, 0.15) is 0 Å². The van der Waals surface area contributed by atoms with Crippen molar-refractivity contribution in [2.45, 2.75) is 27.2 Å². The molecule has 0 unspecified atom stereocenters. The molecule has 2 nitrogen and oxygen atoms in total. The number of allylic oxidation sites excluding steroid dienone is 2. The Kier molecular flexibility index (Phi) is 8.14. The van der Waals surface area contributed by atoms with Crippen LogP contribution in [0.2, 0.25) is 0 Å². The number of hydrogen-bond donors (Lipinski definition) is 0. The first-order valence-corrected chi connectivity index (χ1v) is 5.16. The highest BCUT2D eigenvalue weighted by atomic mass is 15.1. The van der Waals surface area contributed by atoms with E-state index in [4.69, 9.17) is 0 Å². The van der Waals surface area contributed by atoms with Crippen LogP contribution in [0.3, 0.4) is 0 Å². The summed E-state index contributed by atoms with van der Waals surface area (Å²) in [5, 5.41) is 0. The highest BCUT2D eigenvalue weighted by Gasteiger charge is 2.09. The number of likely N-dealkylation sites (tertiary alicyclic amines) is 1. The molecule has 1 rings (SSSR count). The first-order chi connectivity index (χ1) is 6.74. The van der Waals surface area contributed by atoms with Crippen molar-refractivity contribution in [1.29, 1.82) is 0 Å². The van der Waals surface area contributed by atoms with Gasteiger partial charge in [-0.15, -0.1) is 0 Å². The van der Waals surface area contributed by atoms with Crippen LogP contribution in [0, 0.1) is 0 Å². The van der Waals surface area contributed by atoms with Gasteiger partial charge in [0.05, 0.1) is 0 Å². The van der Waals surface area contributed by atoms with E-state index in [1.165, 1.54) is 19.5 Å². The second kappa shape index (κ2) is 8.70. The third-order valence-corrected chi connectivity index (χ3v) is 2.08. The van der Waals surface area contributed by atoms with Gasteiger partial charge in [-0.1, -0.05) is 17.7 Å². The molecule has 1 aliphatic rings. The third kappa shape index (κ3) is 6.61. The van der Waals surface area contributed by atoms with Gasteiger partial charge in [-0.3, -0.25) is 4.99 Å². The predicted molar refractivity (Wildman–Crippen MR) is 64.9 cm³/mol. The number of nitrogens with zero attached hydrogens (tertiary/aromatic N) is 2. The Balaban J connectivity index is 0.000000255. The van der Waals surface area contributed by atoms with Gasteiger partial charge in [-0.25, -0.2) is 0 Å². The summed E-state index contributed by atoms with van der Waals surface area (Å²) in [6.45, 7) is 8.39. The molecule has 1 fully saturated rings. The van der Waals surface area contributed by atoms with Gasteiger partial charge in [0, 0.05) is 25.5 Å². The van der Waals surface area contributed by atoms with E-state index in [0.717, 1.165) is 0 Å². The number of aliphatic imine (C=N–C) groups is 1. The Labute approximate surface area is 88.0 Å². The fraction of sp³-hybridized carbons (Fsp3) is 0.583. The molecular formula is C12H22N2. The summed E-state index contributed by atoms with van der Waals surface area (Å²) >= 11 is 0. The molecule has 1 saturated heterocycles. The van der Waals surface area contributed by atoms with E-state index >= 15 is 0 Å². The summed E-state index contributed by atoms with van der Waals surface area (Å²) in [6.07, 6.45) is 8.90. The van der Waals surface area contributed by atoms with Crippen LogP contribution in [-0.4, -0.2) is 31.3 Å². The van der Waals surface area contributed by atoms with Crippen molar-refractivity contribution >= 4 is 6.21 Å². The Morgan fingerprint density at radius 1 is 1.29 bits per heavy atom. The zero-order chi connectivity index (χ0) is 10.8. The molecule has 0 aromatic carbocycles. The van der Waals surface area contributed by atoms with Crippen LogP contribution >= 0.6 is 0 Å². The zero-order valence-corrected chi connectivity index (χ0v) is 9.83. The van der Waals surface area contributed by atoms with Gasteiger partial charge in [-0.05, 0) is 34.2 Å². The lowest BCUT2D eigenvalue weighted by Gasteiger charge is -2.01. The smallest absolute Gasteiger partial charge is 0.0221 e. The van der Waals surface area contributed by atoms with E-state index in [1.54, 1.807) is 18.0 Å². The lowest BCUT2D eigenvalue weighted by Crippen LogP contribution is -2.11. The molecule has 0 radical (unpaired) electrons. The number of likely N-dealkylation sites (N-methyl/N-ethyl adjacent to an activating group) is 1. The van der Waals surface area contributed by atoms with Gasteiger partial charge >= 0.3 is 0 Å². The average Bonchev–Trinajstić information content (AvgIpc) is 2.62. The highest BCUT2D eigenvalue weighted by molar-refractivity contribution is 5.54. The molecule has 0 aromatic heterocycles. The van der Waals surface area contributed by atoms with E-state index < -0.39 is 0 Å². The van der Waals surface area contributed by atoms with Crippen LogP contribution in [-0.2, 0) is 0 Å². The molecule has 0 aliphatic carbocycles. The van der Waals surface area contributed by atoms with Gasteiger partial charge in [0.15, 0.2) is 0 Å². The quantitative estimate of drug-likeness (QED) is 0.463. The molecular weight excluding hydrogens is 172 g/mol. The Morgan fingerprint density at radius 2 is 2.00 bits per heavy atom. The number of hydrogen-bond acceptors (Lipinski definition) is 2. The third-order valence-electron chi connectivity index (χ3n) is 2.08. The average molecular weight is 194 g/mol. The summed E-state index contributed by atoms with van der Waals surface area (Å²) < 4.78 is 0. The lowest BCUT2D eigenvalue weighted by molar-refractivity contribution is 0.425. The fourth-order valence-electron chi connectivity index (χ4n) is 1.25. The fourth-order valence-corrected chi connectivity index (χ4v) is 1.25. The molecule has 0 saturated carbocycles. The van der Waals surface area contributed by atoms with Crippen LogP contribution in [0.25, 0.3) is 0 Å². The molecule has 80 valence electrons.